The molecule has 1 atom stereocenters. The number of rotatable bonds is 5. The highest BCUT2D eigenvalue weighted by atomic mass is 32.2. The summed E-state index contributed by atoms with van der Waals surface area (Å²) < 4.78 is 43.5. The molecular weight excluding hydrogens is 233 g/mol. The highest BCUT2D eigenvalue weighted by Crippen LogP contribution is 2.10. The van der Waals surface area contributed by atoms with Gasteiger partial charge in [0.25, 0.3) is 0 Å². The van der Waals surface area contributed by atoms with Gasteiger partial charge < -0.3 is 4.74 Å². The lowest BCUT2D eigenvalue weighted by molar-refractivity contribution is 0.180. The first-order valence-electron chi connectivity index (χ1n) is 4.72. The molecule has 0 heterocycles. The molecule has 0 aliphatic carbocycles. The molecule has 0 radical (unpaired) electrons. The first kappa shape index (κ1) is 13.1. The van der Waals surface area contributed by atoms with Crippen LogP contribution in [-0.4, -0.2) is 28.2 Å². The summed E-state index contributed by atoms with van der Waals surface area (Å²) in [5, 5.41) is 0. The van der Waals surface area contributed by atoms with Crippen molar-refractivity contribution in [1.82, 2.24) is 4.72 Å². The third kappa shape index (κ3) is 3.55. The van der Waals surface area contributed by atoms with Crippen LogP contribution in [0.2, 0.25) is 0 Å². The zero-order valence-electron chi connectivity index (χ0n) is 9.10. The van der Waals surface area contributed by atoms with Crippen LogP contribution in [0, 0.1) is 5.82 Å². The Balaban J connectivity index is 2.86. The fraction of sp³-hybridized carbons (Fsp3) is 0.400. The van der Waals surface area contributed by atoms with Crippen LogP contribution in [0.5, 0.6) is 0 Å². The van der Waals surface area contributed by atoms with E-state index in [1.807, 2.05) is 0 Å². The molecule has 0 saturated heterocycles. The van der Waals surface area contributed by atoms with E-state index in [-0.39, 0.29) is 17.5 Å². The average molecular weight is 247 g/mol. The van der Waals surface area contributed by atoms with Crippen molar-refractivity contribution in [3.05, 3.63) is 30.1 Å². The first-order valence-corrected chi connectivity index (χ1v) is 6.21. The summed E-state index contributed by atoms with van der Waals surface area (Å²) in [5.41, 5.74) is 0. The van der Waals surface area contributed by atoms with E-state index in [9.17, 15) is 12.8 Å². The fourth-order valence-corrected chi connectivity index (χ4v) is 2.51. The lowest BCUT2D eigenvalue weighted by atomic mass is 10.4. The van der Waals surface area contributed by atoms with Crippen molar-refractivity contribution in [2.24, 2.45) is 0 Å². The van der Waals surface area contributed by atoms with Crippen molar-refractivity contribution in [3.63, 3.8) is 0 Å². The molecule has 1 rings (SSSR count). The van der Waals surface area contributed by atoms with E-state index in [0.29, 0.717) is 0 Å². The molecule has 16 heavy (non-hydrogen) atoms. The van der Waals surface area contributed by atoms with Crippen LogP contribution >= 0.6 is 0 Å². The SMILES string of the molecule is COC[C@H](C)NS(=O)(=O)c1cccc(F)c1. The van der Waals surface area contributed by atoms with Crippen LogP contribution in [0.1, 0.15) is 6.92 Å². The van der Waals surface area contributed by atoms with Gasteiger partial charge in [0.05, 0.1) is 11.5 Å². The number of hydrogen-bond acceptors (Lipinski definition) is 3. The molecule has 1 aromatic rings. The molecule has 1 N–H and O–H groups in total. The van der Waals surface area contributed by atoms with Gasteiger partial charge in [-0.1, -0.05) is 6.07 Å². The van der Waals surface area contributed by atoms with Crippen molar-refractivity contribution in [2.75, 3.05) is 13.7 Å². The minimum atomic E-state index is -3.67. The van der Waals surface area contributed by atoms with Crippen molar-refractivity contribution in [3.8, 4) is 0 Å². The van der Waals surface area contributed by atoms with E-state index in [1.165, 1.54) is 25.3 Å². The van der Waals surface area contributed by atoms with Crippen LogP contribution in [0.3, 0.4) is 0 Å². The Morgan fingerprint density at radius 3 is 2.75 bits per heavy atom. The number of sulfonamides is 1. The molecule has 0 amide bonds. The second-order valence-electron chi connectivity index (χ2n) is 3.44. The van der Waals surface area contributed by atoms with Crippen molar-refractivity contribution in [1.29, 1.82) is 0 Å². The van der Waals surface area contributed by atoms with Gasteiger partial charge in [-0.25, -0.2) is 17.5 Å². The normalized spacial score (nSPS) is 13.7. The number of nitrogens with one attached hydrogen (secondary N) is 1. The Morgan fingerprint density at radius 2 is 2.19 bits per heavy atom. The Labute approximate surface area is 94.5 Å². The molecule has 0 aromatic heterocycles. The molecule has 0 aliphatic rings. The summed E-state index contributed by atoms with van der Waals surface area (Å²) in [6.07, 6.45) is 0. The van der Waals surface area contributed by atoms with Crippen LogP contribution in [-0.2, 0) is 14.8 Å². The monoisotopic (exact) mass is 247 g/mol. The third-order valence-corrected chi connectivity index (χ3v) is 3.47. The second kappa shape index (κ2) is 5.38. The average Bonchev–Trinajstić information content (AvgIpc) is 2.17. The lowest BCUT2D eigenvalue weighted by Gasteiger charge is -2.13. The molecule has 0 fully saturated rings. The first-order chi connectivity index (χ1) is 7.45. The number of hydrogen-bond donors (Lipinski definition) is 1. The molecule has 4 nitrogen and oxygen atoms in total. The highest BCUT2D eigenvalue weighted by molar-refractivity contribution is 7.89. The van der Waals surface area contributed by atoms with E-state index in [2.05, 4.69) is 4.72 Å². The maximum atomic E-state index is 12.9. The topological polar surface area (TPSA) is 55.4 Å². The fourth-order valence-electron chi connectivity index (χ4n) is 1.25. The predicted molar refractivity (Wildman–Crippen MR) is 58.1 cm³/mol. The molecule has 0 spiro atoms. The summed E-state index contributed by atoms with van der Waals surface area (Å²) >= 11 is 0. The van der Waals surface area contributed by atoms with E-state index in [1.54, 1.807) is 6.92 Å². The van der Waals surface area contributed by atoms with E-state index in [4.69, 9.17) is 4.74 Å². The molecule has 0 bridgehead atoms. The van der Waals surface area contributed by atoms with Crippen LogP contribution < -0.4 is 4.72 Å². The van der Waals surface area contributed by atoms with Gasteiger partial charge in [0.2, 0.25) is 10.0 Å². The number of methoxy groups -OCH3 is 1. The van der Waals surface area contributed by atoms with Gasteiger partial charge >= 0.3 is 0 Å². The molecular formula is C10H14FNO3S. The Hall–Kier alpha value is -0.980. The summed E-state index contributed by atoms with van der Waals surface area (Å²) in [5.74, 6) is -0.581. The zero-order valence-corrected chi connectivity index (χ0v) is 9.92. The van der Waals surface area contributed by atoms with E-state index in [0.717, 1.165) is 6.07 Å². The van der Waals surface area contributed by atoms with E-state index < -0.39 is 15.8 Å². The van der Waals surface area contributed by atoms with Gasteiger partial charge in [-0.2, -0.15) is 0 Å². The van der Waals surface area contributed by atoms with Gasteiger partial charge in [0, 0.05) is 13.2 Å². The molecule has 90 valence electrons. The molecule has 1 aromatic carbocycles. The molecule has 6 heteroatoms. The Morgan fingerprint density at radius 1 is 1.50 bits per heavy atom. The van der Waals surface area contributed by atoms with Crippen molar-refractivity contribution < 1.29 is 17.5 Å². The molecule has 0 saturated carbocycles. The minimum absolute atomic E-state index is 0.0875. The molecule has 0 aliphatic heterocycles. The van der Waals surface area contributed by atoms with E-state index >= 15 is 0 Å². The quantitative estimate of drug-likeness (QED) is 0.849. The number of halogens is 1. The van der Waals surface area contributed by atoms with Crippen LogP contribution in [0.4, 0.5) is 4.39 Å². The smallest absolute Gasteiger partial charge is 0.240 e. The van der Waals surface area contributed by atoms with Gasteiger partial charge in [-0.15, -0.1) is 0 Å². The van der Waals surface area contributed by atoms with Crippen molar-refractivity contribution in [2.45, 2.75) is 17.9 Å². The Kier molecular flexibility index (Phi) is 4.40. The Bertz CT molecular complexity index is 447. The van der Waals surface area contributed by atoms with Gasteiger partial charge in [-0.3, -0.25) is 0 Å². The summed E-state index contributed by atoms with van der Waals surface area (Å²) in [4.78, 5) is -0.0875. The predicted octanol–water partition coefficient (Wildman–Crippen LogP) is 1.14. The second-order valence-corrected chi connectivity index (χ2v) is 5.15. The largest absolute Gasteiger partial charge is 0.383 e. The van der Waals surface area contributed by atoms with Gasteiger partial charge in [0.15, 0.2) is 0 Å². The molecule has 0 unspecified atom stereocenters. The minimum Gasteiger partial charge on any atom is -0.383 e. The van der Waals surface area contributed by atoms with Crippen LogP contribution in [0.15, 0.2) is 29.2 Å². The van der Waals surface area contributed by atoms with Gasteiger partial charge in [0.1, 0.15) is 5.82 Å². The third-order valence-electron chi connectivity index (χ3n) is 1.88. The lowest BCUT2D eigenvalue weighted by Crippen LogP contribution is -2.35. The number of ether oxygens (including phenoxy) is 1. The summed E-state index contributed by atoms with van der Waals surface area (Å²) in [7, 11) is -2.20. The maximum absolute atomic E-state index is 12.9. The van der Waals surface area contributed by atoms with Crippen LogP contribution in [0.25, 0.3) is 0 Å². The standard InChI is InChI=1S/C10H14FNO3S/c1-8(7-15-2)12-16(13,14)10-5-3-4-9(11)6-10/h3-6,8,12H,7H2,1-2H3/t8-/m0/s1. The summed E-state index contributed by atoms with van der Waals surface area (Å²) in [6.45, 7) is 1.93. The zero-order chi connectivity index (χ0) is 12.2. The number of benzene rings is 1. The highest BCUT2D eigenvalue weighted by Gasteiger charge is 2.17. The summed E-state index contributed by atoms with van der Waals surface area (Å²) in [6, 6.07) is 4.49. The maximum Gasteiger partial charge on any atom is 0.240 e. The van der Waals surface area contributed by atoms with Crippen molar-refractivity contribution >= 4 is 10.0 Å². The van der Waals surface area contributed by atoms with Gasteiger partial charge in [-0.05, 0) is 25.1 Å².